The molecule has 0 atom stereocenters. The van der Waals surface area contributed by atoms with Crippen LogP contribution in [0.5, 0.6) is 5.75 Å². The summed E-state index contributed by atoms with van der Waals surface area (Å²) in [5.41, 5.74) is 6.57. The third kappa shape index (κ3) is 5.04. The molecule has 2 N–H and O–H groups in total. The summed E-state index contributed by atoms with van der Waals surface area (Å²) in [5.74, 6) is 0.534. The van der Waals surface area contributed by atoms with Crippen molar-refractivity contribution < 1.29 is 14.2 Å². The number of nitrogen functional groups attached to an aromatic ring is 1. The van der Waals surface area contributed by atoms with Gasteiger partial charge in [0.2, 0.25) is 0 Å². The average Bonchev–Trinajstić information content (AvgIpc) is 2.39. The van der Waals surface area contributed by atoms with Crippen LogP contribution in [0.1, 0.15) is 12.0 Å². The second-order valence-corrected chi connectivity index (χ2v) is 3.67. The molecule has 0 radical (unpaired) electrons. The van der Waals surface area contributed by atoms with E-state index in [1.54, 1.807) is 25.3 Å². The largest absolute Gasteiger partial charge is 0.490 e. The number of benzene rings is 1. The summed E-state index contributed by atoms with van der Waals surface area (Å²) in [7, 11) is 1.66. The van der Waals surface area contributed by atoms with Crippen LogP contribution in [0.3, 0.4) is 0 Å². The van der Waals surface area contributed by atoms with Crippen molar-refractivity contribution in [3.8, 4) is 11.8 Å². The minimum Gasteiger partial charge on any atom is -0.490 e. The highest BCUT2D eigenvalue weighted by Gasteiger charge is 2.03. The van der Waals surface area contributed by atoms with Gasteiger partial charge in [-0.25, -0.2) is 0 Å². The van der Waals surface area contributed by atoms with E-state index < -0.39 is 0 Å². The second kappa shape index (κ2) is 8.34. The lowest BCUT2D eigenvalue weighted by Gasteiger charge is -2.08. The summed E-state index contributed by atoms with van der Waals surface area (Å²) in [6.07, 6.45) is 0.863. The molecule has 1 aromatic carbocycles. The van der Waals surface area contributed by atoms with E-state index in [1.165, 1.54) is 0 Å². The summed E-state index contributed by atoms with van der Waals surface area (Å²) in [4.78, 5) is 0. The number of hydrogen-bond acceptors (Lipinski definition) is 5. The Hall–Kier alpha value is -1.77. The van der Waals surface area contributed by atoms with Crippen molar-refractivity contribution >= 4 is 5.69 Å². The minimum absolute atomic E-state index is 0.408. The average molecular weight is 250 g/mol. The van der Waals surface area contributed by atoms with Gasteiger partial charge in [0.05, 0.1) is 12.2 Å². The maximum atomic E-state index is 8.91. The van der Waals surface area contributed by atoms with Gasteiger partial charge in [0.15, 0.2) is 0 Å². The molecule has 0 aliphatic heterocycles. The molecule has 5 nitrogen and oxygen atoms in total. The Kier molecular flexibility index (Phi) is 6.62. The van der Waals surface area contributed by atoms with Crippen LogP contribution in [0.4, 0.5) is 5.69 Å². The fourth-order valence-electron chi connectivity index (χ4n) is 1.38. The van der Waals surface area contributed by atoms with Crippen molar-refractivity contribution in [2.24, 2.45) is 0 Å². The molecule has 0 spiro atoms. The summed E-state index contributed by atoms with van der Waals surface area (Å²) in [6.45, 7) is 2.23. The molecule has 0 aromatic heterocycles. The summed E-state index contributed by atoms with van der Waals surface area (Å²) in [5, 5.41) is 8.91. The van der Waals surface area contributed by atoms with E-state index in [0.29, 0.717) is 43.4 Å². The molecule has 1 aromatic rings. The van der Waals surface area contributed by atoms with E-state index in [4.69, 9.17) is 25.2 Å². The van der Waals surface area contributed by atoms with Crippen LogP contribution >= 0.6 is 0 Å². The first-order valence-electron chi connectivity index (χ1n) is 5.77. The highest BCUT2D eigenvalue weighted by atomic mass is 16.5. The molecule has 0 heterocycles. The smallest absolute Gasteiger partial charge is 0.137 e. The quantitative estimate of drug-likeness (QED) is 0.559. The van der Waals surface area contributed by atoms with Gasteiger partial charge >= 0.3 is 0 Å². The number of ether oxygens (including phenoxy) is 3. The van der Waals surface area contributed by atoms with Crippen LogP contribution < -0.4 is 10.5 Å². The molecule has 0 unspecified atom stereocenters. The van der Waals surface area contributed by atoms with Gasteiger partial charge in [-0.15, -0.1) is 0 Å². The molecule has 0 saturated heterocycles. The van der Waals surface area contributed by atoms with Crippen LogP contribution in [0, 0.1) is 11.3 Å². The Labute approximate surface area is 107 Å². The standard InChI is InChI=1S/C13H18N2O3/c1-16-5-2-6-17-7-8-18-13-4-3-12(15)9-11(13)10-14/h3-4,9H,2,5-8,15H2,1H3. The van der Waals surface area contributed by atoms with Crippen molar-refractivity contribution in [2.75, 3.05) is 39.3 Å². The molecule has 0 aliphatic rings. The van der Waals surface area contributed by atoms with Gasteiger partial charge in [-0.2, -0.15) is 5.26 Å². The van der Waals surface area contributed by atoms with Crippen molar-refractivity contribution in [3.63, 3.8) is 0 Å². The molecule has 18 heavy (non-hydrogen) atoms. The van der Waals surface area contributed by atoms with Crippen molar-refractivity contribution in [3.05, 3.63) is 23.8 Å². The lowest BCUT2D eigenvalue weighted by Crippen LogP contribution is -2.09. The number of methoxy groups -OCH3 is 1. The maximum Gasteiger partial charge on any atom is 0.137 e. The summed E-state index contributed by atoms with van der Waals surface area (Å²) < 4.78 is 15.7. The molecule has 5 heteroatoms. The lowest BCUT2D eigenvalue weighted by atomic mass is 10.2. The van der Waals surface area contributed by atoms with E-state index in [1.807, 2.05) is 6.07 Å². The fraction of sp³-hybridized carbons (Fsp3) is 0.462. The van der Waals surface area contributed by atoms with E-state index >= 15 is 0 Å². The third-order valence-electron chi connectivity index (χ3n) is 2.25. The second-order valence-electron chi connectivity index (χ2n) is 3.67. The molecule has 1 rings (SSSR count). The van der Waals surface area contributed by atoms with Crippen LogP contribution in [-0.2, 0) is 9.47 Å². The highest BCUT2D eigenvalue weighted by molar-refractivity contribution is 5.53. The molecular formula is C13H18N2O3. The Morgan fingerprint density at radius 1 is 1.22 bits per heavy atom. The topological polar surface area (TPSA) is 77.5 Å². The van der Waals surface area contributed by atoms with Gasteiger partial charge < -0.3 is 19.9 Å². The third-order valence-corrected chi connectivity index (χ3v) is 2.25. The fourth-order valence-corrected chi connectivity index (χ4v) is 1.38. The van der Waals surface area contributed by atoms with Crippen molar-refractivity contribution in [2.45, 2.75) is 6.42 Å². The molecule has 0 amide bonds. The van der Waals surface area contributed by atoms with E-state index in [-0.39, 0.29) is 0 Å². The molecule has 0 saturated carbocycles. The predicted molar refractivity (Wildman–Crippen MR) is 68.4 cm³/mol. The Bertz CT molecular complexity index is 402. The zero-order chi connectivity index (χ0) is 13.2. The number of rotatable bonds is 8. The number of hydrogen-bond donors (Lipinski definition) is 1. The lowest BCUT2D eigenvalue weighted by molar-refractivity contribution is 0.0806. The normalized spacial score (nSPS) is 10.0. The Morgan fingerprint density at radius 3 is 2.78 bits per heavy atom. The zero-order valence-electron chi connectivity index (χ0n) is 10.5. The number of anilines is 1. The first-order valence-corrected chi connectivity index (χ1v) is 5.77. The number of nitriles is 1. The van der Waals surface area contributed by atoms with Gasteiger partial charge in [-0.3, -0.25) is 0 Å². The van der Waals surface area contributed by atoms with Gasteiger partial charge in [0, 0.05) is 26.0 Å². The van der Waals surface area contributed by atoms with Gasteiger partial charge in [-0.05, 0) is 24.6 Å². The van der Waals surface area contributed by atoms with Crippen molar-refractivity contribution in [1.29, 1.82) is 5.26 Å². The molecule has 0 bridgehead atoms. The maximum absolute atomic E-state index is 8.91. The first-order chi connectivity index (χ1) is 8.77. The molecular weight excluding hydrogens is 232 g/mol. The van der Waals surface area contributed by atoms with Crippen molar-refractivity contribution in [1.82, 2.24) is 0 Å². The van der Waals surface area contributed by atoms with Crippen LogP contribution in [0.2, 0.25) is 0 Å². The van der Waals surface area contributed by atoms with E-state index in [9.17, 15) is 0 Å². The monoisotopic (exact) mass is 250 g/mol. The molecule has 0 fully saturated rings. The zero-order valence-corrected chi connectivity index (χ0v) is 10.5. The van der Waals surface area contributed by atoms with Gasteiger partial charge in [0.25, 0.3) is 0 Å². The highest BCUT2D eigenvalue weighted by Crippen LogP contribution is 2.20. The first kappa shape index (κ1) is 14.3. The number of nitrogens with two attached hydrogens (primary N) is 1. The molecule has 98 valence electrons. The molecule has 0 aliphatic carbocycles. The Morgan fingerprint density at radius 2 is 2.06 bits per heavy atom. The van der Waals surface area contributed by atoms with Crippen LogP contribution in [-0.4, -0.2) is 33.5 Å². The van der Waals surface area contributed by atoms with Gasteiger partial charge in [-0.1, -0.05) is 0 Å². The Balaban J connectivity index is 2.25. The minimum atomic E-state index is 0.408. The summed E-state index contributed by atoms with van der Waals surface area (Å²) >= 11 is 0. The van der Waals surface area contributed by atoms with Gasteiger partial charge in [0.1, 0.15) is 18.4 Å². The number of nitrogens with zero attached hydrogens (tertiary/aromatic N) is 1. The van der Waals surface area contributed by atoms with Crippen LogP contribution in [0.25, 0.3) is 0 Å². The summed E-state index contributed by atoms with van der Waals surface area (Å²) in [6, 6.07) is 7.03. The van der Waals surface area contributed by atoms with Crippen LogP contribution in [0.15, 0.2) is 18.2 Å². The predicted octanol–water partition coefficient (Wildman–Crippen LogP) is 1.57. The van der Waals surface area contributed by atoms with E-state index in [2.05, 4.69) is 0 Å². The van der Waals surface area contributed by atoms with E-state index in [0.717, 1.165) is 6.42 Å². The SMILES string of the molecule is COCCCOCCOc1ccc(N)cc1C#N.